The molecule has 1 heterocycles. The number of rotatable bonds is 6. The van der Waals surface area contributed by atoms with Crippen molar-refractivity contribution in [3.63, 3.8) is 0 Å². The predicted molar refractivity (Wildman–Crippen MR) is 96.7 cm³/mol. The molecule has 1 aliphatic rings. The molecule has 0 aromatic heterocycles. The van der Waals surface area contributed by atoms with Crippen molar-refractivity contribution in [1.82, 2.24) is 5.32 Å². The van der Waals surface area contributed by atoms with E-state index in [9.17, 15) is 9.59 Å². The third kappa shape index (κ3) is 4.38. The van der Waals surface area contributed by atoms with Crippen LogP contribution in [0.1, 0.15) is 18.4 Å². The molecule has 2 amide bonds. The van der Waals surface area contributed by atoms with Crippen LogP contribution in [0.15, 0.2) is 54.6 Å². The Kier molecular flexibility index (Phi) is 5.33. The molecule has 0 unspecified atom stereocenters. The summed E-state index contributed by atoms with van der Waals surface area (Å²) in [4.78, 5) is 26.1. The van der Waals surface area contributed by atoms with Gasteiger partial charge in [-0.25, -0.2) is 0 Å². The summed E-state index contributed by atoms with van der Waals surface area (Å²) in [5, 5.41) is 2.98. The molecule has 1 fully saturated rings. The minimum atomic E-state index is -0.141. The molecule has 1 N–H and O–H groups in total. The summed E-state index contributed by atoms with van der Waals surface area (Å²) in [5.41, 5.74) is 1.96. The molecule has 2 aromatic rings. The van der Waals surface area contributed by atoms with Gasteiger partial charge in [0.05, 0.1) is 13.2 Å². The van der Waals surface area contributed by atoms with E-state index in [-0.39, 0.29) is 17.9 Å². The van der Waals surface area contributed by atoms with Crippen LogP contribution in [0.25, 0.3) is 0 Å². The zero-order valence-corrected chi connectivity index (χ0v) is 14.3. The standard InChI is InChI=1S/C20H22N2O3/c1-25-18-10-8-17(9-11-18)22-14-16(13-20(22)24)21-19(23)12-7-15-5-3-2-4-6-15/h2-6,8-11,16H,7,12-14H2,1H3,(H,21,23)/t16-/m0/s1. The van der Waals surface area contributed by atoms with E-state index in [1.54, 1.807) is 12.0 Å². The molecule has 130 valence electrons. The fourth-order valence-electron chi connectivity index (χ4n) is 3.02. The Morgan fingerprint density at radius 3 is 2.56 bits per heavy atom. The number of nitrogens with zero attached hydrogens (tertiary/aromatic N) is 1. The molecule has 0 bridgehead atoms. The third-order valence-corrected chi connectivity index (χ3v) is 4.36. The lowest BCUT2D eigenvalue weighted by molar-refractivity contribution is -0.121. The highest BCUT2D eigenvalue weighted by Crippen LogP contribution is 2.24. The van der Waals surface area contributed by atoms with Crippen LogP contribution in [0.5, 0.6) is 5.75 Å². The van der Waals surface area contributed by atoms with Gasteiger partial charge in [0.1, 0.15) is 5.75 Å². The number of ether oxygens (including phenoxy) is 1. The second-order valence-corrected chi connectivity index (χ2v) is 6.16. The second-order valence-electron chi connectivity index (χ2n) is 6.16. The lowest BCUT2D eigenvalue weighted by Crippen LogP contribution is -2.37. The molecule has 0 spiro atoms. The molecule has 5 heteroatoms. The highest BCUT2D eigenvalue weighted by molar-refractivity contribution is 5.96. The lowest BCUT2D eigenvalue weighted by atomic mass is 10.1. The Balaban J connectivity index is 1.52. The summed E-state index contributed by atoms with van der Waals surface area (Å²) >= 11 is 0. The van der Waals surface area contributed by atoms with Gasteiger partial charge in [-0.05, 0) is 36.2 Å². The van der Waals surface area contributed by atoms with Crippen molar-refractivity contribution in [2.45, 2.75) is 25.3 Å². The van der Waals surface area contributed by atoms with Crippen molar-refractivity contribution in [2.75, 3.05) is 18.6 Å². The minimum absolute atomic E-state index is 0.0155. The van der Waals surface area contributed by atoms with Gasteiger partial charge >= 0.3 is 0 Å². The summed E-state index contributed by atoms with van der Waals surface area (Å²) in [6.07, 6.45) is 1.47. The summed E-state index contributed by atoms with van der Waals surface area (Å²) in [5.74, 6) is 0.762. The van der Waals surface area contributed by atoms with Gasteiger partial charge in [-0.3, -0.25) is 9.59 Å². The first-order chi connectivity index (χ1) is 12.2. The second kappa shape index (κ2) is 7.83. The van der Waals surface area contributed by atoms with Crippen molar-refractivity contribution in [2.24, 2.45) is 0 Å². The fraction of sp³-hybridized carbons (Fsp3) is 0.300. The van der Waals surface area contributed by atoms with Gasteiger partial charge in [0.15, 0.2) is 0 Å². The summed E-state index contributed by atoms with van der Waals surface area (Å²) in [6, 6.07) is 17.1. The van der Waals surface area contributed by atoms with Crippen molar-refractivity contribution in [3.05, 3.63) is 60.2 Å². The first-order valence-corrected chi connectivity index (χ1v) is 8.43. The Hall–Kier alpha value is -2.82. The van der Waals surface area contributed by atoms with Crippen molar-refractivity contribution >= 4 is 17.5 Å². The van der Waals surface area contributed by atoms with Crippen LogP contribution in [0.3, 0.4) is 0 Å². The number of nitrogens with one attached hydrogen (secondary N) is 1. The molecule has 1 aliphatic heterocycles. The Morgan fingerprint density at radius 1 is 1.16 bits per heavy atom. The van der Waals surface area contributed by atoms with Crippen LogP contribution >= 0.6 is 0 Å². The largest absolute Gasteiger partial charge is 0.497 e. The number of amides is 2. The van der Waals surface area contributed by atoms with Gasteiger partial charge in [0, 0.05) is 25.1 Å². The maximum Gasteiger partial charge on any atom is 0.229 e. The maximum atomic E-state index is 12.2. The van der Waals surface area contributed by atoms with E-state index < -0.39 is 0 Å². The van der Waals surface area contributed by atoms with E-state index in [1.165, 1.54) is 0 Å². The van der Waals surface area contributed by atoms with Gasteiger partial charge in [-0.15, -0.1) is 0 Å². The van der Waals surface area contributed by atoms with Gasteiger partial charge < -0.3 is 15.0 Å². The molecule has 2 aromatic carbocycles. The highest BCUT2D eigenvalue weighted by Gasteiger charge is 2.31. The summed E-state index contributed by atoms with van der Waals surface area (Å²) in [6.45, 7) is 0.502. The number of methoxy groups -OCH3 is 1. The molecule has 0 radical (unpaired) electrons. The van der Waals surface area contributed by atoms with E-state index in [2.05, 4.69) is 5.32 Å². The van der Waals surface area contributed by atoms with Gasteiger partial charge in [0.25, 0.3) is 0 Å². The molecule has 5 nitrogen and oxygen atoms in total. The van der Waals surface area contributed by atoms with E-state index in [0.717, 1.165) is 17.0 Å². The molecular formula is C20H22N2O3. The smallest absolute Gasteiger partial charge is 0.229 e. The van der Waals surface area contributed by atoms with Crippen molar-refractivity contribution in [1.29, 1.82) is 0 Å². The Morgan fingerprint density at radius 2 is 1.88 bits per heavy atom. The number of hydrogen-bond donors (Lipinski definition) is 1. The number of anilines is 1. The van der Waals surface area contributed by atoms with Crippen LogP contribution in [-0.4, -0.2) is 31.5 Å². The lowest BCUT2D eigenvalue weighted by Gasteiger charge is -2.17. The minimum Gasteiger partial charge on any atom is -0.497 e. The quantitative estimate of drug-likeness (QED) is 0.881. The molecule has 1 saturated heterocycles. The van der Waals surface area contributed by atoms with Gasteiger partial charge in [0.2, 0.25) is 11.8 Å². The monoisotopic (exact) mass is 338 g/mol. The normalized spacial score (nSPS) is 16.8. The van der Waals surface area contributed by atoms with Crippen molar-refractivity contribution < 1.29 is 14.3 Å². The summed E-state index contributed by atoms with van der Waals surface area (Å²) < 4.78 is 5.14. The number of aryl methyl sites for hydroxylation is 1. The van der Waals surface area contributed by atoms with E-state index in [1.807, 2.05) is 54.6 Å². The maximum absolute atomic E-state index is 12.2. The summed E-state index contributed by atoms with van der Waals surface area (Å²) in [7, 11) is 1.61. The molecular weight excluding hydrogens is 316 g/mol. The van der Waals surface area contributed by atoms with Crippen LogP contribution in [0.4, 0.5) is 5.69 Å². The zero-order valence-electron chi connectivity index (χ0n) is 14.3. The number of carbonyl (C=O) groups excluding carboxylic acids is 2. The van der Waals surface area contributed by atoms with E-state index in [0.29, 0.717) is 25.8 Å². The van der Waals surface area contributed by atoms with Crippen LogP contribution in [0, 0.1) is 0 Å². The van der Waals surface area contributed by atoms with Gasteiger partial charge in [-0.1, -0.05) is 30.3 Å². The number of hydrogen-bond acceptors (Lipinski definition) is 3. The topological polar surface area (TPSA) is 58.6 Å². The number of carbonyl (C=O) groups is 2. The predicted octanol–water partition coefficient (Wildman–Crippen LogP) is 2.55. The van der Waals surface area contributed by atoms with Crippen LogP contribution < -0.4 is 15.0 Å². The first kappa shape index (κ1) is 17.0. The number of benzene rings is 2. The van der Waals surface area contributed by atoms with Gasteiger partial charge in [-0.2, -0.15) is 0 Å². The Bertz CT molecular complexity index is 728. The zero-order chi connectivity index (χ0) is 17.6. The molecule has 0 aliphatic carbocycles. The van der Waals surface area contributed by atoms with E-state index in [4.69, 9.17) is 4.74 Å². The molecule has 0 saturated carbocycles. The van der Waals surface area contributed by atoms with Crippen LogP contribution in [0.2, 0.25) is 0 Å². The van der Waals surface area contributed by atoms with E-state index >= 15 is 0 Å². The first-order valence-electron chi connectivity index (χ1n) is 8.43. The molecule has 1 atom stereocenters. The highest BCUT2D eigenvalue weighted by atomic mass is 16.5. The van der Waals surface area contributed by atoms with Crippen LogP contribution in [-0.2, 0) is 16.0 Å². The third-order valence-electron chi connectivity index (χ3n) is 4.36. The molecule has 3 rings (SSSR count). The van der Waals surface area contributed by atoms with Crippen molar-refractivity contribution in [3.8, 4) is 5.75 Å². The average molecular weight is 338 g/mol. The SMILES string of the molecule is COc1ccc(N2C[C@@H](NC(=O)CCc3ccccc3)CC2=O)cc1. The molecule has 25 heavy (non-hydrogen) atoms. The Labute approximate surface area is 147 Å². The fourth-order valence-corrected chi connectivity index (χ4v) is 3.02. The average Bonchev–Trinajstić information content (AvgIpc) is 3.01.